The van der Waals surface area contributed by atoms with E-state index in [9.17, 15) is 0 Å². The molecule has 0 amide bonds. The van der Waals surface area contributed by atoms with Crippen LogP contribution in [0.3, 0.4) is 0 Å². The van der Waals surface area contributed by atoms with Crippen LogP contribution in [0.5, 0.6) is 0 Å². The van der Waals surface area contributed by atoms with E-state index in [4.69, 9.17) is 0 Å². The minimum atomic E-state index is 0. The number of unbranched alkanes of at least 4 members (excludes halogenated alkanes) is 4. The average molecular weight is 250 g/mol. The predicted molar refractivity (Wildman–Crippen MR) is 56.2 cm³/mol. The Balaban J connectivity index is 0. The maximum absolute atomic E-state index is 3.71. The Hall–Kier alpha value is 0.180. The molecule has 0 spiro atoms. The van der Waals surface area contributed by atoms with Crippen molar-refractivity contribution in [1.29, 1.82) is 0 Å². The van der Waals surface area contributed by atoms with Crippen LogP contribution in [0.1, 0.15) is 32.1 Å². The van der Waals surface area contributed by atoms with Gasteiger partial charge < -0.3 is 21.5 Å². The number of hydrogen-bond donors (Lipinski definition) is 0. The van der Waals surface area contributed by atoms with Crippen LogP contribution in [0, 0.1) is 0 Å². The van der Waals surface area contributed by atoms with Crippen LogP contribution in [0.2, 0.25) is 0 Å². The van der Waals surface area contributed by atoms with Crippen LogP contribution in [-0.2, 0) is 0 Å². The first-order valence-corrected chi connectivity index (χ1v) is 4.97. The molecule has 0 aliphatic heterocycles. The van der Waals surface area contributed by atoms with Gasteiger partial charge in [0.05, 0.1) is 27.7 Å². The van der Waals surface area contributed by atoms with E-state index in [1.54, 1.807) is 0 Å². The molecule has 0 aliphatic rings. The molecule has 0 aromatic carbocycles. The maximum atomic E-state index is 3.71. The lowest BCUT2D eigenvalue weighted by Gasteiger charge is -2.23. The average Bonchev–Trinajstić information content (AvgIpc) is 1.94. The highest BCUT2D eigenvalue weighted by Crippen LogP contribution is 2.05. The fourth-order valence-corrected chi connectivity index (χ4v) is 1.23. The zero-order valence-electron chi connectivity index (χ0n) is 9.35. The number of allylic oxidation sites excluding steroid dienone is 1. The van der Waals surface area contributed by atoms with Gasteiger partial charge in [0.25, 0.3) is 0 Å². The van der Waals surface area contributed by atoms with Crippen molar-refractivity contribution in [3.63, 3.8) is 0 Å². The monoisotopic (exact) mass is 249 g/mol. The summed E-state index contributed by atoms with van der Waals surface area (Å²) in [6, 6.07) is 0. The summed E-state index contributed by atoms with van der Waals surface area (Å²) in [5.41, 5.74) is 0. The van der Waals surface area contributed by atoms with Gasteiger partial charge in [-0.2, -0.15) is 0 Å². The molecule has 0 aromatic heterocycles. The third-order valence-electron chi connectivity index (χ3n) is 1.99. The van der Waals surface area contributed by atoms with E-state index in [1.165, 1.54) is 38.6 Å². The quantitative estimate of drug-likeness (QED) is 0.334. The number of hydrogen-bond acceptors (Lipinski definition) is 0. The third kappa shape index (κ3) is 15.0. The first-order chi connectivity index (χ1) is 5.56. The van der Waals surface area contributed by atoms with E-state index in [2.05, 4.69) is 27.7 Å². The predicted octanol–water partition coefficient (Wildman–Crippen LogP) is -0.167. The Kier molecular flexibility index (Phi) is 10.5. The first kappa shape index (κ1) is 15.6. The summed E-state index contributed by atoms with van der Waals surface area (Å²) >= 11 is 0. The number of quaternary nitrogens is 1. The van der Waals surface area contributed by atoms with E-state index in [-0.39, 0.29) is 17.0 Å². The van der Waals surface area contributed by atoms with E-state index in [0.29, 0.717) is 0 Å². The molecule has 80 valence electrons. The summed E-state index contributed by atoms with van der Waals surface area (Å²) in [6.45, 7) is 5.01. The van der Waals surface area contributed by atoms with Gasteiger partial charge in [-0.3, -0.25) is 0 Å². The minimum absolute atomic E-state index is 0. The highest BCUT2D eigenvalue weighted by Gasteiger charge is 2.04. The van der Waals surface area contributed by atoms with Gasteiger partial charge in [-0.1, -0.05) is 12.5 Å². The Morgan fingerprint density at radius 2 is 1.54 bits per heavy atom. The van der Waals surface area contributed by atoms with Gasteiger partial charge in [0.1, 0.15) is 0 Å². The van der Waals surface area contributed by atoms with Gasteiger partial charge in [-0.15, -0.1) is 6.58 Å². The molecule has 0 saturated heterocycles. The molecule has 0 saturated carbocycles. The summed E-state index contributed by atoms with van der Waals surface area (Å²) in [4.78, 5) is 0. The van der Waals surface area contributed by atoms with Crippen LogP contribution < -0.4 is 17.0 Å². The fraction of sp³-hybridized carbons (Fsp3) is 0.818. The zero-order chi connectivity index (χ0) is 9.45. The van der Waals surface area contributed by atoms with E-state index in [1.807, 2.05) is 6.08 Å². The summed E-state index contributed by atoms with van der Waals surface area (Å²) in [5.74, 6) is 0. The highest BCUT2D eigenvalue weighted by atomic mass is 79.9. The molecule has 0 radical (unpaired) electrons. The van der Waals surface area contributed by atoms with Gasteiger partial charge in [0, 0.05) is 0 Å². The molecule has 0 aromatic rings. The van der Waals surface area contributed by atoms with E-state index >= 15 is 0 Å². The Labute approximate surface area is 94.2 Å². The molecule has 1 nitrogen and oxygen atoms in total. The largest absolute Gasteiger partial charge is 1.00 e. The van der Waals surface area contributed by atoms with Crippen LogP contribution in [0.15, 0.2) is 12.7 Å². The van der Waals surface area contributed by atoms with Gasteiger partial charge in [0.2, 0.25) is 0 Å². The molecule has 13 heavy (non-hydrogen) atoms. The van der Waals surface area contributed by atoms with Crippen LogP contribution in [-0.4, -0.2) is 32.2 Å². The normalized spacial score (nSPS) is 10.7. The Morgan fingerprint density at radius 1 is 1.00 bits per heavy atom. The summed E-state index contributed by atoms with van der Waals surface area (Å²) in [6.07, 6.45) is 8.63. The summed E-state index contributed by atoms with van der Waals surface area (Å²) < 4.78 is 1.10. The standard InChI is InChI=1S/C11H24N.BrH/c1-5-6-7-8-9-10-11-12(2,3)4;/h5H,1,6-11H2,2-4H3;1H/q+1;/p-1. The molecular weight excluding hydrogens is 226 g/mol. The molecule has 0 atom stereocenters. The molecule has 0 fully saturated rings. The van der Waals surface area contributed by atoms with Crippen molar-refractivity contribution in [3.8, 4) is 0 Å². The maximum Gasteiger partial charge on any atom is 0.0780 e. The lowest BCUT2D eigenvalue weighted by Crippen LogP contribution is -3.00. The van der Waals surface area contributed by atoms with Crippen molar-refractivity contribution in [3.05, 3.63) is 12.7 Å². The lowest BCUT2D eigenvalue weighted by atomic mass is 10.1. The minimum Gasteiger partial charge on any atom is -1.00 e. The highest BCUT2D eigenvalue weighted by molar-refractivity contribution is 4.65. The van der Waals surface area contributed by atoms with E-state index in [0.717, 1.165) is 4.48 Å². The first-order valence-electron chi connectivity index (χ1n) is 4.97. The number of rotatable bonds is 7. The van der Waals surface area contributed by atoms with Gasteiger partial charge in [-0.05, 0) is 25.7 Å². The van der Waals surface area contributed by atoms with Crippen molar-refractivity contribution in [1.82, 2.24) is 0 Å². The van der Waals surface area contributed by atoms with E-state index < -0.39 is 0 Å². The number of nitrogens with zero attached hydrogens (tertiary/aromatic N) is 1. The third-order valence-corrected chi connectivity index (χ3v) is 1.99. The fourth-order valence-electron chi connectivity index (χ4n) is 1.23. The Morgan fingerprint density at radius 3 is 2.00 bits per heavy atom. The molecule has 0 bridgehead atoms. The summed E-state index contributed by atoms with van der Waals surface area (Å²) in [7, 11) is 6.76. The molecule has 2 heteroatoms. The van der Waals surface area contributed by atoms with Crippen molar-refractivity contribution in [2.24, 2.45) is 0 Å². The SMILES string of the molecule is C=CCCCCCC[N+](C)(C)C.[Br-]. The van der Waals surface area contributed by atoms with Gasteiger partial charge >= 0.3 is 0 Å². The topological polar surface area (TPSA) is 0 Å². The van der Waals surface area contributed by atoms with Crippen LogP contribution in [0.25, 0.3) is 0 Å². The van der Waals surface area contributed by atoms with Gasteiger partial charge in [0.15, 0.2) is 0 Å². The second kappa shape index (κ2) is 8.76. The molecule has 0 unspecified atom stereocenters. The summed E-state index contributed by atoms with van der Waals surface area (Å²) in [5, 5.41) is 0. The molecule has 0 aliphatic carbocycles. The molecular formula is C11H24BrN. The zero-order valence-corrected chi connectivity index (χ0v) is 10.9. The van der Waals surface area contributed by atoms with Crippen molar-refractivity contribution in [2.75, 3.05) is 27.7 Å². The van der Waals surface area contributed by atoms with Crippen LogP contribution >= 0.6 is 0 Å². The van der Waals surface area contributed by atoms with Gasteiger partial charge in [-0.25, -0.2) is 0 Å². The van der Waals surface area contributed by atoms with Crippen LogP contribution in [0.4, 0.5) is 0 Å². The number of halogens is 1. The molecule has 0 N–H and O–H groups in total. The second-order valence-corrected chi connectivity index (χ2v) is 4.51. The van der Waals surface area contributed by atoms with Crippen molar-refractivity contribution < 1.29 is 21.5 Å². The lowest BCUT2D eigenvalue weighted by molar-refractivity contribution is -0.870. The van der Waals surface area contributed by atoms with Crippen molar-refractivity contribution in [2.45, 2.75) is 32.1 Å². The smallest absolute Gasteiger partial charge is 0.0780 e. The second-order valence-electron chi connectivity index (χ2n) is 4.51. The van der Waals surface area contributed by atoms with Crippen molar-refractivity contribution >= 4 is 0 Å². The molecule has 0 heterocycles. The molecule has 0 rings (SSSR count). The Bertz CT molecular complexity index is 116.